The molecule has 0 saturated heterocycles. The Kier molecular flexibility index (Phi) is 6.11. The van der Waals surface area contributed by atoms with Crippen LogP contribution in [0, 0.1) is 16.7 Å². The fourth-order valence-electron chi connectivity index (χ4n) is 3.78. The Morgan fingerprint density at radius 2 is 1.88 bits per heavy atom. The molecule has 1 aliphatic carbocycles. The van der Waals surface area contributed by atoms with Gasteiger partial charge in [-0.15, -0.1) is 0 Å². The highest BCUT2D eigenvalue weighted by molar-refractivity contribution is 5.91. The van der Waals surface area contributed by atoms with Crippen molar-refractivity contribution >= 4 is 23.8 Å². The van der Waals surface area contributed by atoms with Crippen LogP contribution in [-0.4, -0.2) is 30.4 Å². The Morgan fingerprint density at radius 3 is 2.46 bits per heavy atom. The van der Waals surface area contributed by atoms with Crippen molar-refractivity contribution in [2.24, 2.45) is 16.7 Å². The fraction of sp³-hybridized carbons (Fsp3) is 0.524. The fourth-order valence-corrected chi connectivity index (χ4v) is 3.78. The highest BCUT2D eigenvalue weighted by Crippen LogP contribution is 2.53. The minimum atomic E-state index is -0.977. The van der Waals surface area contributed by atoms with Crippen LogP contribution >= 0.6 is 0 Å². The molecule has 0 unspecified atom stereocenters. The number of ketones is 2. The second-order valence-electron chi connectivity index (χ2n) is 7.56. The number of carbonyl (C=O) groups is 4. The van der Waals surface area contributed by atoms with Crippen molar-refractivity contribution in [1.82, 2.24) is 0 Å². The number of benzene rings is 1. The van der Waals surface area contributed by atoms with E-state index in [1.807, 2.05) is 6.07 Å². The van der Waals surface area contributed by atoms with E-state index in [1.165, 1.54) is 6.92 Å². The van der Waals surface area contributed by atoms with E-state index in [0.29, 0.717) is 24.8 Å². The first kappa shape index (κ1) is 20.0. The van der Waals surface area contributed by atoms with E-state index in [2.05, 4.69) is 0 Å². The lowest BCUT2D eigenvalue weighted by atomic mass is 9.51. The molecule has 0 spiro atoms. The normalized spacial score (nSPS) is 28.4. The zero-order valence-electron chi connectivity index (χ0n) is 15.6. The van der Waals surface area contributed by atoms with Crippen LogP contribution in [0.2, 0.25) is 0 Å². The minimum Gasteiger partial charge on any atom is -0.462 e. The third-order valence-electron chi connectivity index (χ3n) is 6.02. The molecule has 1 aromatic carbocycles. The molecule has 1 fully saturated rings. The Bertz CT molecular complexity index is 696. The van der Waals surface area contributed by atoms with Gasteiger partial charge in [0.1, 0.15) is 17.9 Å². The molecule has 5 heteroatoms. The average molecular weight is 358 g/mol. The smallest absolute Gasteiger partial charge is 0.338 e. The molecule has 0 aliphatic heterocycles. The molecule has 140 valence electrons. The van der Waals surface area contributed by atoms with Gasteiger partial charge in [0.15, 0.2) is 0 Å². The molecule has 3 atom stereocenters. The van der Waals surface area contributed by atoms with Crippen molar-refractivity contribution in [3.8, 4) is 0 Å². The van der Waals surface area contributed by atoms with E-state index in [0.717, 1.165) is 6.29 Å². The molecular weight excluding hydrogens is 332 g/mol. The number of carbonyl (C=O) groups excluding carboxylic acids is 4. The molecule has 0 radical (unpaired) electrons. The van der Waals surface area contributed by atoms with Gasteiger partial charge in [0.25, 0.3) is 0 Å². The van der Waals surface area contributed by atoms with Gasteiger partial charge < -0.3 is 14.3 Å². The molecule has 1 saturated carbocycles. The zero-order valence-corrected chi connectivity index (χ0v) is 15.6. The predicted molar refractivity (Wildman–Crippen MR) is 96.6 cm³/mol. The number of ether oxygens (including phenoxy) is 1. The third kappa shape index (κ3) is 3.76. The van der Waals surface area contributed by atoms with Crippen LogP contribution in [0.3, 0.4) is 0 Å². The Balaban J connectivity index is 2.17. The summed E-state index contributed by atoms with van der Waals surface area (Å²) < 4.78 is 5.44. The van der Waals surface area contributed by atoms with E-state index in [9.17, 15) is 19.2 Å². The summed E-state index contributed by atoms with van der Waals surface area (Å²) in [6.45, 7) is 5.07. The van der Waals surface area contributed by atoms with Crippen molar-refractivity contribution in [3.63, 3.8) is 0 Å². The number of hydrogen-bond donors (Lipinski definition) is 0. The Morgan fingerprint density at radius 1 is 1.23 bits per heavy atom. The van der Waals surface area contributed by atoms with Crippen LogP contribution in [0.15, 0.2) is 30.3 Å². The summed E-state index contributed by atoms with van der Waals surface area (Å²) in [4.78, 5) is 48.3. The quantitative estimate of drug-likeness (QED) is 0.551. The van der Waals surface area contributed by atoms with E-state index in [1.54, 1.807) is 38.1 Å². The monoisotopic (exact) mass is 358 g/mol. The topological polar surface area (TPSA) is 77.5 Å². The van der Waals surface area contributed by atoms with Gasteiger partial charge in [0.05, 0.1) is 12.2 Å². The number of Topliss-reactive ketones (excluding diaryl/α,β-unsaturated/α-hetero) is 2. The average Bonchev–Trinajstić information content (AvgIpc) is 2.64. The first-order chi connectivity index (χ1) is 12.2. The number of aldehydes is 1. The highest BCUT2D eigenvalue weighted by Gasteiger charge is 2.56. The minimum absolute atomic E-state index is 0.000939. The molecule has 2 rings (SSSR count). The Hall–Kier alpha value is -2.30. The van der Waals surface area contributed by atoms with Crippen LogP contribution in [0.1, 0.15) is 56.8 Å². The van der Waals surface area contributed by atoms with Crippen molar-refractivity contribution in [2.75, 3.05) is 6.61 Å². The molecule has 5 nitrogen and oxygen atoms in total. The summed E-state index contributed by atoms with van der Waals surface area (Å²) >= 11 is 0. The summed E-state index contributed by atoms with van der Waals surface area (Å²) in [7, 11) is 0. The summed E-state index contributed by atoms with van der Waals surface area (Å²) in [5.74, 6) is -0.715. The molecular formula is C21H26O5. The first-order valence-electron chi connectivity index (χ1n) is 8.96. The summed E-state index contributed by atoms with van der Waals surface area (Å²) in [5.41, 5.74) is -1.46. The molecule has 1 aromatic rings. The predicted octanol–water partition coefficient (Wildman–Crippen LogP) is 3.40. The van der Waals surface area contributed by atoms with E-state index in [4.69, 9.17) is 4.74 Å². The zero-order chi connectivity index (χ0) is 19.4. The van der Waals surface area contributed by atoms with Gasteiger partial charge in [-0.05, 0) is 31.9 Å². The van der Waals surface area contributed by atoms with E-state index in [-0.39, 0.29) is 30.5 Å². The maximum absolute atomic E-state index is 12.6. The van der Waals surface area contributed by atoms with Crippen LogP contribution in [0.4, 0.5) is 0 Å². The van der Waals surface area contributed by atoms with Gasteiger partial charge in [-0.2, -0.15) is 0 Å². The van der Waals surface area contributed by atoms with Gasteiger partial charge in [0.2, 0.25) is 0 Å². The van der Waals surface area contributed by atoms with Gasteiger partial charge >= 0.3 is 5.97 Å². The lowest BCUT2D eigenvalue weighted by Crippen LogP contribution is -2.54. The maximum Gasteiger partial charge on any atom is 0.338 e. The molecule has 1 aliphatic rings. The van der Waals surface area contributed by atoms with Crippen molar-refractivity contribution in [3.05, 3.63) is 35.9 Å². The number of rotatable bonds is 7. The van der Waals surface area contributed by atoms with Crippen molar-refractivity contribution in [2.45, 2.75) is 46.5 Å². The van der Waals surface area contributed by atoms with E-state index >= 15 is 0 Å². The second-order valence-corrected chi connectivity index (χ2v) is 7.56. The van der Waals surface area contributed by atoms with E-state index < -0.39 is 16.8 Å². The van der Waals surface area contributed by atoms with Crippen LogP contribution in [0.25, 0.3) is 0 Å². The molecule has 0 heterocycles. The molecule has 0 N–H and O–H groups in total. The van der Waals surface area contributed by atoms with Crippen LogP contribution in [-0.2, 0) is 19.1 Å². The maximum atomic E-state index is 12.6. The van der Waals surface area contributed by atoms with Gasteiger partial charge in [-0.25, -0.2) is 4.79 Å². The molecule has 0 amide bonds. The lowest BCUT2D eigenvalue weighted by molar-refractivity contribution is -0.155. The molecule has 0 bridgehead atoms. The SMILES string of the molecule is CC(=O)CC[C@@]1(C)C(=O)CC[C@@H](COC(=O)c2ccccc2)[C@]1(C)C=O. The number of hydrogen-bond acceptors (Lipinski definition) is 5. The summed E-state index contributed by atoms with van der Waals surface area (Å²) in [6.07, 6.45) is 2.21. The van der Waals surface area contributed by atoms with Crippen LogP contribution in [0.5, 0.6) is 0 Å². The van der Waals surface area contributed by atoms with Gasteiger partial charge in [-0.1, -0.05) is 32.0 Å². The van der Waals surface area contributed by atoms with Crippen molar-refractivity contribution < 1.29 is 23.9 Å². The van der Waals surface area contributed by atoms with Gasteiger partial charge in [0, 0.05) is 29.6 Å². The highest BCUT2D eigenvalue weighted by atomic mass is 16.5. The molecule has 0 aromatic heterocycles. The lowest BCUT2D eigenvalue weighted by Gasteiger charge is -2.50. The van der Waals surface area contributed by atoms with Crippen molar-refractivity contribution in [1.29, 1.82) is 0 Å². The van der Waals surface area contributed by atoms with Crippen LogP contribution < -0.4 is 0 Å². The third-order valence-corrected chi connectivity index (χ3v) is 6.02. The summed E-state index contributed by atoms with van der Waals surface area (Å²) in [5, 5.41) is 0. The first-order valence-corrected chi connectivity index (χ1v) is 8.96. The summed E-state index contributed by atoms with van der Waals surface area (Å²) in [6, 6.07) is 8.66. The largest absolute Gasteiger partial charge is 0.462 e. The van der Waals surface area contributed by atoms with Gasteiger partial charge in [-0.3, -0.25) is 4.79 Å². The second kappa shape index (κ2) is 7.94. The Labute approximate surface area is 154 Å². The standard InChI is InChI=1S/C21H26O5/c1-15(23)11-12-20(2)18(24)10-9-17(21(20,3)14-22)13-26-19(25)16-7-5-4-6-8-16/h4-8,14,17H,9-13H2,1-3H3/t17-,20-,21-/m0/s1. The number of esters is 1. The molecule has 26 heavy (non-hydrogen) atoms.